The molecule has 0 aliphatic carbocycles. The van der Waals surface area contributed by atoms with Crippen LogP contribution in [0.3, 0.4) is 0 Å². The molecule has 0 aromatic rings. The summed E-state index contributed by atoms with van der Waals surface area (Å²) in [7, 11) is 0. The number of rotatable bonds is 2. The Kier molecular flexibility index (Phi) is 7.79. The highest BCUT2D eigenvalue weighted by molar-refractivity contribution is 6.34. The summed E-state index contributed by atoms with van der Waals surface area (Å²) < 4.78 is 0. The summed E-state index contributed by atoms with van der Waals surface area (Å²) >= 11 is 0. The third-order valence-corrected chi connectivity index (χ3v) is 0.634. The van der Waals surface area contributed by atoms with E-state index in [4.69, 9.17) is 5.73 Å². The Bertz CT molecular complexity index is 153. The maximum atomic E-state index is 9.69. The molecule has 0 aromatic heterocycles. The van der Waals surface area contributed by atoms with Crippen molar-refractivity contribution in [2.24, 2.45) is 11.5 Å². The molecule has 0 spiro atoms. The second-order valence-electron chi connectivity index (χ2n) is 1.83. The molecule has 64 valence electrons. The summed E-state index contributed by atoms with van der Waals surface area (Å²) in [6.07, 6.45) is 0. The number of nitrogens with two attached hydrogens (primary N) is 2. The van der Waals surface area contributed by atoms with Gasteiger partial charge in [-0.2, -0.15) is 0 Å². The Morgan fingerprint density at radius 3 is 1.36 bits per heavy atom. The Labute approximate surface area is 64.7 Å². The van der Waals surface area contributed by atoms with Crippen LogP contribution in [0.1, 0.15) is 13.8 Å². The highest BCUT2D eigenvalue weighted by atomic mass is 16.2. The lowest BCUT2D eigenvalue weighted by Crippen LogP contribution is -2.19. The zero-order chi connectivity index (χ0) is 9.44. The topological polar surface area (TPSA) is 103 Å². The van der Waals surface area contributed by atoms with Crippen LogP contribution in [0, 0.1) is 0 Å². The molecular formula is C6H12N2O3. The predicted molar refractivity (Wildman–Crippen MR) is 39.6 cm³/mol. The predicted octanol–water partition coefficient (Wildman–Crippen LogP) is -1.41. The van der Waals surface area contributed by atoms with Crippen LogP contribution in [0.2, 0.25) is 0 Å². The average Bonchev–Trinajstić information content (AvgIpc) is 1.89. The minimum Gasteiger partial charge on any atom is -0.363 e. The number of hydrogen-bond donors (Lipinski definition) is 2. The fourth-order valence-electron chi connectivity index (χ4n) is 0. The van der Waals surface area contributed by atoms with Crippen LogP contribution in [0.4, 0.5) is 0 Å². The molecule has 0 aliphatic rings. The van der Waals surface area contributed by atoms with Crippen LogP contribution in [0.25, 0.3) is 0 Å². The number of carbonyl (C=O) groups is 3. The summed E-state index contributed by atoms with van der Waals surface area (Å²) in [4.78, 5) is 28.9. The number of carbonyl (C=O) groups excluding carboxylic acids is 3. The normalized spacial score (nSPS) is 7.55. The first-order valence-corrected chi connectivity index (χ1v) is 2.91. The second kappa shape index (κ2) is 6.88. The summed E-state index contributed by atoms with van der Waals surface area (Å²) in [5.41, 5.74) is 9.27. The van der Waals surface area contributed by atoms with Gasteiger partial charge in [0.2, 0.25) is 5.78 Å². The van der Waals surface area contributed by atoms with Gasteiger partial charge in [-0.15, -0.1) is 0 Å². The van der Waals surface area contributed by atoms with Gasteiger partial charge in [-0.25, -0.2) is 0 Å². The monoisotopic (exact) mass is 160 g/mol. The Balaban J connectivity index is 0. The van der Waals surface area contributed by atoms with E-state index in [1.54, 1.807) is 0 Å². The van der Waals surface area contributed by atoms with E-state index in [0.29, 0.717) is 0 Å². The lowest BCUT2D eigenvalue weighted by molar-refractivity contribution is -0.134. The van der Waals surface area contributed by atoms with Gasteiger partial charge in [0, 0.05) is 6.92 Å². The van der Waals surface area contributed by atoms with E-state index in [1.807, 2.05) is 0 Å². The molecule has 0 aliphatic heterocycles. The van der Waals surface area contributed by atoms with E-state index in [1.165, 1.54) is 6.92 Å². The lowest BCUT2D eigenvalue weighted by Gasteiger charge is -1.74. The number of hydrogen-bond acceptors (Lipinski definition) is 4. The molecule has 11 heavy (non-hydrogen) atoms. The summed E-state index contributed by atoms with van der Waals surface area (Å²) in [5, 5.41) is 0. The molecule has 5 heteroatoms. The van der Waals surface area contributed by atoms with Gasteiger partial charge in [-0.05, 0) is 6.92 Å². The molecule has 0 fully saturated rings. The van der Waals surface area contributed by atoms with Crippen molar-refractivity contribution in [1.29, 1.82) is 0 Å². The molecule has 0 atom stereocenters. The minimum atomic E-state index is -0.880. The third kappa shape index (κ3) is 17.7. The van der Waals surface area contributed by atoms with Gasteiger partial charge in [0.25, 0.3) is 5.91 Å². The molecule has 0 bridgehead atoms. The van der Waals surface area contributed by atoms with Crippen molar-refractivity contribution in [2.75, 3.05) is 6.54 Å². The molecule has 0 saturated heterocycles. The molecule has 0 aromatic carbocycles. The molecule has 0 heterocycles. The zero-order valence-corrected chi connectivity index (χ0v) is 6.59. The first-order valence-electron chi connectivity index (χ1n) is 2.91. The van der Waals surface area contributed by atoms with E-state index in [-0.39, 0.29) is 12.3 Å². The highest BCUT2D eigenvalue weighted by Gasteiger charge is 1.95. The van der Waals surface area contributed by atoms with Crippen molar-refractivity contribution < 1.29 is 14.4 Å². The van der Waals surface area contributed by atoms with Crippen LogP contribution in [0.5, 0.6) is 0 Å². The van der Waals surface area contributed by atoms with Gasteiger partial charge >= 0.3 is 0 Å². The number of ketones is 2. The molecular weight excluding hydrogens is 148 g/mol. The van der Waals surface area contributed by atoms with E-state index in [0.717, 1.165) is 6.92 Å². The molecule has 1 amide bonds. The largest absolute Gasteiger partial charge is 0.363 e. The SMILES string of the molecule is CC(=O)C(N)=O.CC(=O)CN. The molecule has 0 radical (unpaired) electrons. The molecule has 5 nitrogen and oxygen atoms in total. The zero-order valence-electron chi connectivity index (χ0n) is 6.59. The van der Waals surface area contributed by atoms with Gasteiger partial charge in [0.15, 0.2) is 0 Å². The summed E-state index contributed by atoms with van der Waals surface area (Å²) in [6.45, 7) is 2.75. The van der Waals surface area contributed by atoms with Crippen LogP contribution >= 0.6 is 0 Å². The molecule has 4 N–H and O–H groups in total. The highest BCUT2D eigenvalue weighted by Crippen LogP contribution is 1.57. The van der Waals surface area contributed by atoms with Crippen molar-refractivity contribution >= 4 is 17.5 Å². The second-order valence-corrected chi connectivity index (χ2v) is 1.83. The van der Waals surface area contributed by atoms with Gasteiger partial charge in [0.1, 0.15) is 5.78 Å². The van der Waals surface area contributed by atoms with E-state index in [9.17, 15) is 14.4 Å². The fraction of sp³-hybridized carbons (Fsp3) is 0.500. The summed E-state index contributed by atoms with van der Waals surface area (Å²) in [6, 6.07) is 0. The maximum Gasteiger partial charge on any atom is 0.284 e. The molecule has 0 rings (SSSR count). The van der Waals surface area contributed by atoms with E-state index in [2.05, 4.69) is 5.73 Å². The van der Waals surface area contributed by atoms with Crippen molar-refractivity contribution in [3.05, 3.63) is 0 Å². The van der Waals surface area contributed by atoms with Gasteiger partial charge < -0.3 is 11.5 Å². The smallest absolute Gasteiger partial charge is 0.284 e. The van der Waals surface area contributed by atoms with Crippen molar-refractivity contribution in [1.82, 2.24) is 0 Å². The quantitative estimate of drug-likeness (QED) is 0.484. The Morgan fingerprint density at radius 1 is 1.18 bits per heavy atom. The maximum absolute atomic E-state index is 9.69. The fourth-order valence-corrected chi connectivity index (χ4v) is 0. The average molecular weight is 160 g/mol. The first kappa shape index (κ1) is 12.4. The van der Waals surface area contributed by atoms with E-state index < -0.39 is 11.7 Å². The van der Waals surface area contributed by atoms with Crippen LogP contribution in [0.15, 0.2) is 0 Å². The standard InChI is InChI=1S/C3H5NO2.C3H7NO/c1-2(5)3(4)6;1-3(5)2-4/h1H3,(H2,4,6);2,4H2,1H3. The number of primary amides is 1. The van der Waals surface area contributed by atoms with Gasteiger partial charge in [-0.3, -0.25) is 14.4 Å². The van der Waals surface area contributed by atoms with Crippen LogP contribution in [-0.2, 0) is 14.4 Å². The Morgan fingerprint density at radius 2 is 1.36 bits per heavy atom. The first-order chi connectivity index (χ1) is 4.91. The van der Waals surface area contributed by atoms with Crippen molar-refractivity contribution in [2.45, 2.75) is 13.8 Å². The third-order valence-electron chi connectivity index (χ3n) is 0.634. The van der Waals surface area contributed by atoms with Crippen molar-refractivity contribution in [3.8, 4) is 0 Å². The molecule has 0 saturated carbocycles. The van der Waals surface area contributed by atoms with Gasteiger partial charge in [0.05, 0.1) is 6.54 Å². The van der Waals surface area contributed by atoms with Gasteiger partial charge in [-0.1, -0.05) is 0 Å². The number of Topliss-reactive ketones (excluding diaryl/α,β-unsaturated/α-hetero) is 2. The number of amides is 1. The van der Waals surface area contributed by atoms with Crippen molar-refractivity contribution in [3.63, 3.8) is 0 Å². The van der Waals surface area contributed by atoms with Crippen LogP contribution in [-0.4, -0.2) is 24.0 Å². The summed E-state index contributed by atoms with van der Waals surface area (Å²) in [5.74, 6) is -1.45. The minimum absolute atomic E-state index is 0.0324. The van der Waals surface area contributed by atoms with Crippen LogP contribution < -0.4 is 11.5 Å². The van der Waals surface area contributed by atoms with E-state index >= 15 is 0 Å². The lowest BCUT2D eigenvalue weighted by atomic mass is 10.4. The molecule has 0 unspecified atom stereocenters. The Hall–Kier alpha value is -1.23.